The maximum Gasteiger partial charge on any atom is 0.472 e. The van der Waals surface area contributed by atoms with Gasteiger partial charge in [0, 0.05) is 25.7 Å². The monoisotopic (exact) mass is 1280 g/mol. The molecule has 0 aromatic rings. The van der Waals surface area contributed by atoms with Gasteiger partial charge in [0.15, 0.2) is 12.2 Å². The van der Waals surface area contributed by atoms with Gasteiger partial charge in [0.05, 0.1) is 26.4 Å². The lowest BCUT2D eigenvalue weighted by atomic mass is 10.0. The van der Waals surface area contributed by atoms with Crippen LogP contribution in [0.4, 0.5) is 0 Å². The molecule has 17 nitrogen and oxygen atoms in total. The molecule has 5 atom stereocenters. The van der Waals surface area contributed by atoms with E-state index < -0.39 is 97.5 Å². The Morgan fingerprint density at radius 3 is 0.678 bits per heavy atom. The van der Waals surface area contributed by atoms with Gasteiger partial charge in [0.2, 0.25) is 0 Å². The molecule has 0 aliphatic carbocycles. The zero-order chi connectivity index (χ0) is 64.0. The second kappa shape index (κ2) is 62.8. The number of carbonyl (C=O) groups is 4. The van der Waals surface area contributed by atoms with Gasteiger partial charge in [-0.25, -0.2) is 9.13 Å². The van der Waals surface area contributed by atoms with Crippen LogP contribution in [0, 0.1) is 0 Å². The van der Waals surface area contributed by atoms with Crippen LogP contribution in [0.3, 0.4) is 0 Å². The molecule has 0 saturated carbocycles. The molecule has 0 aromatic carbocycles. The van der Waals surface area contributed by atoms with Crippen molar-refractivity contribution in [3.05, 3.63) is 0 Å². The van der Waals surface area contributed by atoms with Gasteiger partial charge in [-0.2, -0.15) is 0 Å². The van der Waals surface area contributed by atoms with E-state index in [9.17, 15) is 43.2 Å². The molecule has 0 rings (SSSR count). The molecule has 0 heterocycles. The van der Waals surface area contributed by atoms with Gasteiger partial charge in [0.1, 0.15) is 19.3 Å². The predicted molar refractivity (Wildman–Crippen MR) is 349 cm³/mol. The van der Waals surface area contributed by atoms with Crippen LogP contribution in [0.25, 0.3) is 0 Å². The first-order valence-corrected chi connectivity index (χ1v) is 38.8. The van der Waals surface area contributed by atoms with Gasteiger partial charge < -0.3 is 33.8 Å². The van der Waals surface area contributed by atoms with E-state index in [-0.39, 0.29) is 25.7 Å². The van der Waals surface area contributed by atoms with E-state index in [2.05, 4.69) is 27.7 Å². The lowest BCUT2D eigenvalue weighted by molar-refractivity contribution is -0.161. The first-order chi connectivity index (χ1) is 42.2. The SMILES string of the molecule is CCCCCCCCCCCCCCCCCCCCCC(=O)O[C@H](COC(=O)CCCCCCCCCCCCCCC)COP(=O)(O)OC[C@@H](O)COP(=O)(O)OC[C@@H](COC(=O)CCCCCCCCC)OC(=O)CCCCCCCCCC. The fourth-order valence-corrected chi connectivity index (χ4v) is 11.9. The molecule has 0 fully saturated rings. The lowest BCUT2D eigenvalue weighted by Gasteiger charge is -2.21. The molecule has 0 spiro atoms. The van der Waals surface area contributed by atoms with Crippen molar-refractivity contribution in [2.45, 2.75) is 373 Å². The van der Waals surface area contributed by atoms with Crippen LogP contribution in [-0.4, -0.2) is 96.7 Å². The number of phosphoric ester groups is 2. The number of phosphoric acid groups is 2. The van der Waals surface area contributed by atoms with Gasteiger partial charge in [-0.15, -0.1) is 0 Å². The van der Waals surface area contributed by atoms with Gasteiger partial charge in [-0.05, 0) is 25.7 Å². The Morgan fingerprint density at radius 2 is 0.460 bits per heavy atom. The highest BCUT2D eigenvalue weighted by molar-refractivity contribution is 7.47. The average Bonchev–Trinajstić information content (AvgIpc) is 3.58. The van der Waals surface area contributed by atoms with Crippen LogP contribution < -0.4 is 0 Å². The quantitative estimate of drug-likeness (QED) is 0.0222. The highest BCUT2D eigenvalue weighted by atomic mass is 31.2. The normalized spacial score (nSPS) is 14.1. The molecular formula is C68H132O17P2. The first-order valence-electron chi connectivity index (χ1n) is 35.8. The van der Waals surface area contributed by atoms with Crippen molar-refractivity contribution in [1.82, 2.24) is 0 Å². The second-order valence-electron chi connectivity index (χ2n) is 24.6. The number of esters is 4. The van der Waals surface area contributed by atoms with Crippen molar-refractivity contribution in [2.75, 3.05) is 39.6 Å². The summed E-state index contributed by atoms with van der Waals surface area (Å²) < 4.78 is 68.0. The molecule has 3 N–H and O–H groups in total. The van der Waals surface area contributed by atoms with Gasteiger partial charge in [-0.3, -0.25) is 37.3 Å². The van der Waals surface area contributed by atoms with E-state index >= 15 is 0 Å². The number of aliphatic hydroxyl groups is 1. The zero-order valence-corrected chi connectivity index (χ0v) is 57.8. The van der Waals surface area contributed by atoms with Crippen LogP contribution in [0.5, 0.6) is 0 Å². The maximum absolute atomic E-state index is 13.0. The summed E-state index contributed by atoms with van der Waals surface area (Å²) in [5.41, 5.74) is 0. The van der Waals surface area contributed by atoms with E-state index in [1.54, 1.807) is 0 Å². The molecule has 87 heavy (non-hydrogen) atoms. The topological polar surface area (TPSA) is 237 Å². The average molecular weight is 1280 g/mol. The number of aliphatic hydroxyl groups excluding tert-OH is 1. The molecule has 0 saturated heterocycles. The van der Waals surface area contributed by atoms with Gasteiger partial charge >= 0.3 is 39.5 Å². The van der Waals surface area contributed by atoms with Crippen molar-refractivity contribution in [1.29, 1.82) is 0 Å². The Balaban J connectivity index is 5.14. The third-order valence-corrected chi connectivity index (χ3v) is 17.8. The summed E-state index contributed by atoms with van der Waals surface area (Å²) in [6.07, 6.45) is 50.2. The summed E-state index contributed by atoms with van der Waals surface area (Å²) in [4.78, 5) is 72.2. The minimum Gasteiger partial charge on any atom is -0.462 e. The number of rotatable bonds is 69. The fraction of sp³-hybridized carbons (Fsp3) is 0.941. The maximum atomic E-state index is 13.0. The molecule has 0 amide bonds. The number of hydrogen-bond acceptors (Lipinski definition) is 15. The van der Waals surface area contributed by atoms with Crippen LogP contribution in [-0.2, 0) is 65.4 Å². The van der Waals surface area contributed by atoms with Crippen LogP contribution >= 0.6 is 15.6 Å². The van der Waals surface area contributed by atoms with E-state index in [0.29, 0.717) is 25.7 Å². The molecule has 0 aliphatic rings. The Labute approximate surface area is 530 Å². The lowest BCUT2D eigenvalue weighted by Crippen LogP contribution is -2.30. The van der Waals surface area contributed by atoms with E-state index in [1.165, 1.54) is 167 Å². The van der Waals surface area contributed by atoms with Crippen molar-refractivity contribution in [2.24, 2.45) is 0 Å². The van der Waals surface area contributed by atoms with Gasteiger partial charge in [0.25, 0.3) is 0 Å². The number of hydrogen-bond donors (Lipinski definition) is 3. The third-order valence-electron chi connectivity index (χ3n) is 15.9. The molecule has 0 aromatic heterocycles. The van der Waals surface area contributed by atoms with Crippen molar-refractivity contribution < 1.29 is 80.2 Å². The Morgan fingerprint density at radius 1 is 0.276 bits per heavy atom. The minimum absolute atomic E-state index is 0.105. The number of carbonyl (C=O) groups excluding carboxylic acids is 4. The summed E-state index contributed by atoms with van der Waals surface area (Å²) >= 11 is 0. The summed E-state index contributed by atoms with van der Waals surface area (Å²) in [6, 6.07) is 0. The van der Waals surface area contributed by atoms with E-state index in [1.807, 2.05) is 0 Å². The molecular weight excluding hydrogens is 1150 g/mol. The Kier molecular flexibility index (Phi) is 61.4. The third kappa shape index (κ3) is 62.6. The van der Waals surface area contributed by atoms with Crippen molar-refractivity contribution in [3.8, 4) is 0 Å². The fourth-order valence-electron chi connectivity index (χ4n) is 10.3. The van der Waals surface area contributed by atoms with Crippen LogP contribution in [0.15, 0.2) is 0 Å². The van der Waals surface area contributed by atoms with Crippen LogP contribution in [0.1, 0.15) is 355 Å². The summed E-state index contributed by atoms with van der Waals surface area (Å²) in [7, 11) is -9.88. The predicted octanol–water partition coefficient (Wildman–Crippen LogP) is 19.5. The zero-order valence-electron chi connectivity index (χ0n) is 56.0. The second-order valence-corrected chi connectivity index (χ2v) is 27.5. The van der Waals surface area contributed by atoms with Crippen LogP contribution in [0.2, 0.25) is 0 Å². The van der Waals surface area contributed by atoms with E-state index in [0.717, 1.165) is 109 Å². The largest absolute Gasteiger partial charge is 0.472 e. The number of ether oxygens (including phenoxy) is 4. The van der Waals surface area contributed by atoms with Crippen molar-refractivity contribution in [3.63, 3.8) is 0 Å². The molecule has 0 aliphatic heterocycles. The minimum atomic E-state index is -4.95. The Bertz CT molecular complexity index is 1670. The van der Waals surface area contributed by atoms with Crippen molar-refractivity contribution >= 4 is 39.5 Å². The molecule has 2 unspecified atom stereocenters. The Hall–Kier alpha value is -1.94. The highest BCUT2D eigenvalue weighted by Crippen LogP contribution is 2.45. The molecule has 19 heteroatoms. The smallest absolute Gasteiger partial charge is 0.462 e. The summed E-state index contributed by atoms with van der Waals surface area (Å²) in [5, 5.41) is 10.5. The molecule has 516 valence electrons. The van der Waals surface area contributed by atoms with Gasteiger partial charge in [-0.1, -0.05) is 304 Å². The summed E-state index contributed by atoms with van der Waals surface area (Å²) in [6.45, 7) is 4.86. The number of unbranched alkanes of at least 4 members (excludes halogenated alkanes) is 43. The summed E-state index contributed by atoms with van der Waals surface area (Å²) in [5.74, 6) is -2.13. The first kappa shape index (κ1) is 85.1. The molecule has 0 radical (unpaired) electrons. The molecule has 0 bridgehead atoms. The highest BCUT2D eigenvalue weighted by Gasteiger charge is 2.30. The standard InChI is InChI=1S/C68H132O17P2/c1-5-9-13-17-21-24-26-28-29-30-31-32-33-35-37-39-43-47-51-55-68(73)85-64(59-79-66(71)53-49-45-42-38-36-34-27-25-22-18-14-10-6-2)61-83-87(76,77)81-57-62(69)56-80-86(74,75)82-60-63(58-78-65(70)52-48-44-40-20-16-12-8-4)84-67(72)54-50-46-41-23-19-15-11-7-3/h62-64,69H,5-61H2,1-4H3,(H,74,75)(H,76,77)/t62-,63+,64+/m0/s1. The van der Waals surface area contributed by atoms with E-state index in [4.69, 9.17) is 37.0 Å².